The Balaban J connectivity index is 0.00000156. The molecular formula is C17H32Cl2N4O2. The molecule has 2 heterocycles. The second-order valence-electron chi connectivity index (χ2n) is 7.15. The molecule has 0 bridgehead atoms. The van der Waals surface area contributed by atoms with Gasteiger partial charge in [-0.25, -0.2) is 0 Å². The van der Waals surface area contributed by atoms with Gasteiger partial charge in [-0.1, -0.05) is 19.3 Å². The van der Waals surface area contributed by atoms with E-state index in [0.717, 1.165) is 58.4 Å². The first-order valence-corrected chi connectivity index (χ1v) is 9.26. The number of carbonyl (C=O) groups excluding carboxylic acids is 2. The Morgan fingerprint density at radius 1 is 0.920 bits per heavy atom. The SMILES string of the molecule is Cl.Cl.O=C(CN1CCN(C(=O)C2CCCN2)CC1)NC1CCCCC1. The predicted molar refractivity (Wildman–Crippen MR) is 104 cm³/mol. The first-order valence-electron chi connectivity index (χ1n) is 9.26. The lowest BCUT2D eigenvalue weighted by atomic mass is 9.95. The van der Waals surface area contributed by atoms with Gasteiger partial charge in [-0.05, 0) is 32.2 Å². The maximum Gasteiger partial charge on any atom is 0.239 e. The number of carbonyl (C=O) groups is 2. The second-order valence-corrected chi connectivity index (χ2v) is 7.15. The third kappa shape index (κ3) is 6.59. The van der Waals surface area contributed by atoms with Crippen molar-refractivity contribution in [2.75, 3.05) is 39.3 Å². The summed E-state index contributed by atoms with van der Waals surface area (Å²) >= 11 is 0. The van der Waals surface area contributed by atoms with Crippen LogP contribution in [0.15, 0.2) is 0 Å². The molecule has 0 aromatic heterocycles. The molecule has 3 rings (SSSR count). The van der Waals surface area contributed by atoms with Crippen LogP contribution in [-0.2, 0) is 9.59 Å². The van der Waals surface area contributed by atoms with Crippen LogP contribution in [0.5, 0.6) is 0 Å². The molecule has 0 aromatic carbocycles. The highest BCUT2D eigenvalue weighted by molar-refractivity contribution is 5.85. The summed E-state index contributed by atoms with van der Waals surface area (Å²) in [5.41, 5.74) is 0. The molecule has 146 valence electrons. The highest BCUT2D eigenvalue weighted by Gasteiger charge is 2.29. The summed E-state index contributed by atoms with van der Waals surface area (Å²) in [4.78, 5) is 28.6. The van der Waals surface area contributed by atoms with E-state index in [4.69, 9.17) is 0 Å². The van der Waals surface area contributed by atoms with E-state index in [1.165, 1.54) is 19.3 Å². The van der Waals surface area contributed by atoms with Crippen molar-refractivity contribution < 1.29 is 9.59 Å². The summed E-state index contributed by atoms with van der Waals surface area (Å²) in [5, 5.41) is 6.45. The quantitative estimate of drug-likeness (QED) is 0.750. The van der Waals surface area contributed by atoms with Gasteiger partial charge in [0.2, 0.25) is 11.8 Å². The highest BCUT2D eigenvalue weighted by Crippen LogP contribution is 2.17. The van der Waals surface area contributed by atoms with Gasteiger partial charge in [0.15, 0.2) is 0 Å². The number of nitrogens with zero attached hydrogens (tertiary/aromatic N) is 2. The fourth-order valence-electron chi connectivity index (χ4n) is 3.97. The van der Waals surface area contributed by atoms with Gasteiger partial charge in [0.1, 0.15) is 0 Å². The highest BCUT2D eigenvalue weighted by atomic mass is 35.5. The van der Waals surface area contributed by atoms with E-state index in [-0.39, 0.29) is 42.7 Å². The Bertz CT molecular complexity index is 419. The van der Waals surface area contributed by atoms with Crippen LogP contribution in [-0.4, -0.2) is 73.0 Å². The number of piperazine rings is 1. The number of halogens is 2. The van der Waals surface area contributed by atoms with E-state index in [2.05, 4.69) is 15.5 Å². The average molecular weight is 395 g/mol. The summed E-state index contributed by atoms with van der Waals surface area (Å²) in [5.74, 6) is 0.392. The summed E-state index contributed by atoms with van der Waals surface area (Å²) in [6, 6.07) is 0.406. The number of amides is 2. The topological polar surface area (TPSA) is 64.7 Å². The molecule has 3 fully saturated rings. The second kappa shape index (κ2) is 11.2. The van der Waals surface area contributed by atoms with Crippen molar-refractivity contribution in [3.8, 4) is 0 Å². The molecule has 2 saturated heterocycles. The van der Waals surface area contributed by atoms with Crippen molar-refractivity contribution in [3.63, 3.8) is 0 Å². The smallest absolute Gasteiger partial charge is 0.239 e. The van der Waals surface area contributed by atoms with E-state index in [1.54, 1.807) is 0 Å². The summed E-state index contributed by atoms with van der Waals surface area (Å²) < 4.78 is 0. The number of nitrogens with one attached hydrogen (secondary N) is 2. The van der Waals surface area contributed by atoms with Crippen molar-refractivity contribution in [1.82, 2.24) is 20.4 Å². The average Bonchev–Trinajstić information content (AvgIpc) is 3.10. The molecule has 1 saturated carbocycles. The molecule has 1 atom stereocenters. The van der Waals surface area contributed by atoms with Gasteiger partial charge < -0.3 is 15.5 Å². The minimum atomic E-state index is 0. The van der Waals surface area contributed by atoms with Gasteiger partial charge in [0.05, 0.1) is 12.6 Å². The Morgan fingerprint density at radius 3 is 2.20 bits per heavy atom. The minimum Gasteiger partial charge on any atom is -0.352 e. The zero-order valence-electron chi connectivity index (χ0n) is 14.9. The van der Waals surface area contributed by atoms with Gasteiger partial charge in [0.25, 0.3) is 0 Å². The third-order valence-corrected chi connectivity index (χ3v) is 5.38. The first kappa shape index (κ1) is 22.5. The zero-order valence-corrected chi connectivity index (χ0v) is 16.5. The van der Waals surface area contributed by atoms with Crippen molar-refractivity contribution in [2.24, 2.45) is 0 Å². The fraction of sp³-hybridized carbons (Fsp3) is 0.882. The van der Waals surface area contributed by atoms with Crippen LogP contribution in [0.1, 0.15) is 44.9 Å². The molecule has 3 aliphatic rings. The number of hydrogen-bond donors (Lipinski definition) is 2. The molecule has 25 heavy (non-hydrogen) atoms. The van der Waals surface area contributed by atoms with E-state index in [9.17, 15) is 9.59 Å². The largest absolute Gasteiger partial charge is 0.352 e. The van der Waals surface area contributed by atoms with E-state index in [1.807, 2.05) is 4.90 Å². The Morgan fingerprint density at radius 2 is 1.60 bits per heavy atom. The lowest BCUT2D eigenvalue weighted by Gasteiger charge is -2.36. The maximum atomic E-state index is 12.4. The van der Waals surface area contributed by atoms with Crippen LogP contribution in [0.4, 0.5) is 0 Å². The van der Waals surface area contributed by atoms with Crippen LogP contribution in [0.3, 0.4) is 0 Å². The molecule has 0 spiro atoms. The summed E-state index contributed by atoms with van der Waals surface area (Å²) in [6.07, 6.45) is 8.09. The molecule has 8 heteroatoms. The Hall–Kier alpha value is -0.560. The van der Waals surface area contributed by atoms with Crippen LogP contribution >= 0.6 is 24.8 Å². The van der Waals surface area contributed by atoms with Crippen molar-refractivity contribution in [2.45, 2.75) is 57.0 Å². The lowest BCUT2D eigenvalue weighted by molar-refractivity contribution is -0.135. The van der Waals surface area contributed by atoms with Crippen molar-refractivity contribution in [1.29, 1.82) is 0 Å². The Labute approximate surface area is 163 Å². The first-order chi connectivity index (χ1) is 11.2. The lowest BCUT2D eigenvalue weighted by Crippen LogP contribution is -2.54. The molecular weight excluding hydrogens is 363 g/mol. The molecule has 2 N–H and O–H groups in total. The van der Waals surface area contributed by atoms with Crippen LogP contribution < -0.4 is 10.6 Å². The summed E-state index contributed by atoms with van der Waals surface area (Å²) in [7, 11) is 0. The van der Waals surface area contributed by atoms with Crippen LogP contribution in [0, 0.1) is 0 Å². The molecule has 0 aromatic rings. The molecule has 0 radical (unpaired) electrons. The molecule has 2 amide bonds. The van der Waals surface area contributed by atoms with E-state index >= 15 is 0 Å². The fourth-order valence-corrected chi connectivity index (χ4v) is 3.97. The standard InChI is InChI=1S/C17H30N4O2.2ClH/c22-16(19-14-5-2-1-3-6-14)13-20-9-11-21(12-10-20)17(23)15-7-4-8-18-15;;/h14-15,18H,1-13H2,(H,19,22);2*1H. The van der Waals surface area contributed by atoms with E-state index in [0.29, 0.717) is 12.6 Å². The van der Waals surface area contributed by atoms with Crippen molar-refractivity contribution >= 4 is 36.6 Å². The minimum absolute atomic E-state index is 0. The molecule has 1 aliphatic carbocycles. The van der Waals surface area contributed by atoms with Gasteiger partial charge >= 0.3 is 0 Å². The predicted octanol–water partition coefficient (Wildman–Crippen LogP) is 1.18. The monoisotopic (exact) mass is 394 g/mol. The molecule has 1 unspecified atom stereocenters. The number of rotatable bonds is 4. The van der Waals surface area contributed by atoms with Gasteiger partial charge in [-0.15, -0.1) is 24.8 Å². The summed E-state index contributed by atoms with van der Waals surface area (Å²) in [6.45, 7) is 4.52. The molecule has 2 aliphatic heterocycles. The maximum absolute atomic E-state index is 12.4. The van der Waals surface area contributed by atoms with Gasteiger partial charge in [-0.3, -0.25) is 14.5 Å². The van der Waals surface area contributed by atoms with Gasteiger partial charge in [-0.2, -0.15) is 0 Å². The van der Waals surface area contributed by atoms with Crippen LogP contribution in [0.2, 0.25) is 0 Å². The normalized spacial score (nSPS) is 25.0. The molecule has 6 nitrogen and oxygen atoms in total. The van der Waals surface area contributed by atoms with E-state index < -0.39 is 0 Å². The third-order valence-electron chi connectivity index (χ3n) is 5.38. The van der Waals surface area contributed by atoms with Crippen LogP contribution in [0.25, 0.3) is 0 Å². The Kier molecular flexibility index (Phi) is 10.1. The zero-order chi connectivity index (χ0) is 16.1. The number of hydrogen-bond acceptors (Lipinski definition) is 4. The van der Waals surface area contributed by atoms with Gasteiger partial charge in [0, 0.05) is 32.2 Å². The van der Waals surface area contributed by atoms with Crippen molar-refractivity contribution in [3.05, 3.63) is 0 Å².